The molecule has 0 radical (unpaired) electrons. The molecule has 0 heterocycles. The third-order valence-electron chi connectivity index (χ3n) is 2.01. The molecule has 0 saturated heterocycles. The molecule has 0 fully saturated rings. The molecule has 1 aromatic rings. The van der Waals surface area contributed by atoms with Crippen LogP contribution in [0.15, 0.2) is 22.7 Å². The molecule has 0 aliphatic heterocycles. The van der Waals surface area contributed by atoms with Crippen LogP contribution in [-0.4, -0.2) is 25.2 Å². The monoisotopic (exact) mass is 304 g/mol. The molecule has 0 aliphatic rings. The number of nitrogens with zero attached hydrogens (tertiary/aromatic N) is 1. The van der Waals surface area contributed by atoms with Crippen LogP contribution >= 0.6 is 15.9 Å². The summed E-state index contributed by atoms with van der Waals surface area (Å²) in [6.45, 7) is 1.29. The molecule has 6 nitrogen and oxygen atoms in total. The second kappa shape index (κ2) is 7.33. The predicted molar refractivity (Wildman–Crippen MR) is 65.5 cm³/mol. The number of rotatable bonds is 7. The van der Waals surface area contributed by atoms with Crippen LogP contribution < -0.4 is 5.48 Å². The van der Waals surface area contributed by atoms with Crippen LogP contribution in [0.1, 0.15) is 5.56 Å². The van der Waals surface area contributed by atoms with E-state index >= 15 is 0 Å². The van der Waals surface area contributed by atoms with Gasteiger partial charge in [0.15, 0.2) is 0 Å². The lowest BCUT2D eigenvalue weighted by molar-refractivity contribution is -0.385. The molecule has 7 heteroatoms. The van der Waals surface area contributed by atoms with Crippen molar-refractivity contribution in [2.24, 2.45) is 0 Å². The highest BCUT2D eigenvalue weighted by atomic mass is 79.9. The highest BCUT2D eigenvalue weighted by Crippen LogP contribution is 2.27. The molecule has 0 bridgehead atoms. The van der Waals surface area contributed by atoms with Gasteiger partial charge in [-0.05, 0) is 21.5 Å². The van der Waals surface area contributed by atoms with Gasteiger partial charge in [-0.3, -0.25) is 15.0 Å². The van der Waals surface area contributed by atoms with Crippen molar-refractivity contribution in [3.63, 3.8) is 0 Å². The molecule has 0 saturated carbocycles. The average molecular weight is 305 g/mol. The topological polar surface area (TPSA) is 73.6 Å². The van der Waals surface area contributed by atoms with Crippen LogP contribution in [0, 0.1) is 10.1 Å². The summed E-state index contributed by atoms with van der Waals surface area (Å²) in [4.78, 5) is 15.3. The Hall–Kier alpha value is -1.02. The number of hydrogen-bond acceptors (Lipinski definition) is 5. The van der Waals surface area contributed by atoms with E-state index < -0.39 is 4.92 Å². The van der Waals surface area contributed by atoms with Gasteiger partial charge < -0.3 is 4.74 Å². The molecule has 0 spiro atoms. The Labute approximate surface area is 107 Å². The average Bonchev–Trinajstić information content (AvgIpc) is 2.30. The Kier molecular flexibility index (Phi) is 6.06. The molecule has 1 rings (SSSR count). The van der Waals surface area contributed by atoms with E-state index in [9.17, 15) is 10.1 Å². The first-order chi connectivity index (χ1) is 8.16. The summed E-state index contributed by atoms with van der Waals surface area (Å²) in [7, 11) is 1.58. The third-order valence-corrected chi connectivity index (χ3v) is 2.92. The molecule has 1 N–H and O–H groups in total. The fourth-order valence-corrected chi connectivity index (χ4v) is 1.72. The van der Waals surface area contributed by atoms with E-state index in [0.29, 0.717) is 24.2 Å². The molecule has 0 atom stereocenters. The first-order valence-electron chi connectivity index (χ1n) is 4.92. The van der Waals surface area contributed by atoms with Gasteiger partial charge in [0, 0.05) is 19.7 Å². The summed E-state index contributed by atoms with van der Waals surface area (Å²) >= 11 is 3.20. The maximum atomic E-state index is 10.7. The van der Waals surface area contributed by atoms with Gasteiger partial charge in [-0.25, -0.2) is 0 Å². The van der Waals surface area contributed by atoms with Gasteiger partial charge in [0.25, 0.3) is 5.69 Å². The molecular formula is C10H13BrN2O4. The molecule has 94 valence electrons. The minimum Gasteiger partial charge on any atom is -0.382 e. The highest BCUT2D eigenvalue weighted by Gasteiger charge is 2.14. The fourth-order valence-electron chi connectivity index (χ4n) is 1.17. The van der Waals surface area contributed by atoms with Crippen molar-refractivity contribution < 1.29 is 14.5 Å². The van der Waals surface area contributed by atoms with E-state index in [0.717, 1.165) is 5.56 Å². The van der Waals surface area contributed by atoms with Crippen molar-refractivity contribution in [2.75, 3.05) is 20.3 Å². The molecular weight excluding hydrogens is 292 g/mol. The molecule has 0 amide bonds. The van der Waals surface area contributed by atoms with Crippen LogP contribution in [0.25, 0.3) is 0 Å². The standard InChI is InChI=1S/C10H13BrN2O4/c1-16-5-6-17-12-7-8-3-2-4-9(10(8)11)13(14)15/h2-4,12H,5-7H2,1H3. The number of benzene rings is 1. The minimum atomic E-state index is -0.431. The summed E-state index contributed by atoms with van der Waals surface area (Å²) in [5, 5.41) is 10.7. The quantitative estimate of drug-likeness (QED) is 0.474. The Balaban J connectivity index is 2.54. The van der Waals surface area contributed by atoms with Gasteiger partial charge in [0.05, 0.1) is 22.6 Å². The van der Waals surface area contributed by atoms with Gasteiger partial charge in [-0.15, -0.1) is 0 Å². The van der Waals surface area contributed by atoms with E-state index in [4.69, 9.17) is 9.57 Å². The lowest BCUT2D eigenvalue weighted by Gasteiger charge is -2.07. The largest absolute Gasteiger partial charge is 0.382 e. The van der Waals surface area contributed by atoms with Gasteiger partial charge in [0.2, 0.25) is 0 Å². The van der Waals surface area contributed by atoms with Crippen molar-refractivity contribution in [3.05, 3.63) is 38.3 Å². The van der Waals surface area contributed by atoms with Crippen molar-refractivity contribution in [2.45, 2.75) is 6.54 Å². The van der Waals surface area contributed by atoms with Crippen LogP contribution in [-0.2, 0) is 16.1 Å². The van der Waals surface area contributed by atoms with E-state index in [2.05, 4.69) is 21.4 Å². The predicted octanol–water partition coefficient (Wildman–Crippen LogP) is 2.02. The number of hydrogen-bond donors (Lipinski definition) is 1. The number of hydroxylamine groups is 1. The van der Waals surface area contributed by atoms with Crippen LogP contribution in [0.3, 0.4) is 0 Å². The zero-order chi connectivity index (χ0) is 12.7. The summed E-state index contributed by atoms with van der Waals surface area (Å²) in [6.07, 6.45) is 0. The summed E-state index contributed by atoms with van der Waals surface area (Å²) in [6, 6.07) is 4.86. The number of halogens is 1. The van der Waals surface area contributed by atoms with E-state index in [-0.39, 0.29) is 5.69 Å². The van der Waals surface area contributed by atoms with E-state index in [1.807, 2.05) is 0 Å². The van der Waals surface area contributed by atoms with Gasteiger partial charge in [-0.1, -0.05) is 12.1 Å². The van der Waals surface area contributed by atoms with Gasteiger partial charge in [-0.2, -0.15) is 5.48 Å². The zero-order valence-electron chi connectivity index (χ0n) is 9.31. The first-order valence-corrected chi connectivity index (χ1v) is 5.71. The Morgan fingerprint density at radius 1 is 1.47 bits per heavy atom. The van der Waals surface area contributed by atoms with Gasteiger partial charge in [0.1, 0.15) is 0 Å². The van der Waals surface area contributed by atoms with Crippen molar-refractivity contribution in [3.8, 4) is 0 Å². The molecule has 17 heavy (non-hydrogen) atoms. The normalized spacial score (nSPS) is 10.5. The maximum Gasteiger partial charge on any atom is 0.283 e. The fraction of sp³-hybridized carbons (Fsp3) is 0.400. The SMILES string of the molecule is COCCONCc1cccc([N+](=O)[O-])c1Br. The van der Waals surface area contributed by atoms with Crippen LogP contribution in [0.2, 0.25) is 0 Å². The Bertz CT molecular complexity index is 387. The van der Waals surface area contributed by atoms with Crippen LogP contribution in [0.5, 0.6) is 0 Å². The highest BCUT2D eigenvalue weighted by molar-refractivity contribution is 9.10. The lowest BCUT2D eigenvalue weighted by Crippen LogP contribution is -2.17. The summed E-state index contributed by atoms with van der Waals surface area (Å²) in [5.74, 6) is 0. The number of methoxy groups -OCH3 is 1. The molecule has 0 aromatic heterocycles. The minimum absolute atomic E-state index is 0.0428. The second-order valence-electron chi connectivity index (χ2n) is 3.17. The van der Waals surface area contributed by atoms with Crippen molar-refractivity contribution in [1.29, 1.82) is 0 Å². The first kappa shape index (κ1) is 14.0. The number of ether oxygens (including phenoxy) is 1. The van der Waals surface area contributed by atoms with E-state index in [1.165, 1.54) is 6.07 Å². The summed E-state index contributed by atoms with van der Waals surface area (Å²) in [5.41, 5.74) is 3.51. The van der Waals surface area contributed by atoms with Crippen molar-refractivity contribution >= 4 is 21.6 Å². The number of nitro groups is 1. The number of nitro benzene ring substituents is 1. The Morgan fingerprint density at radius 2 is 2.24 bits per heavy atom. The maximum absolute atomic E-state index is 10.7. The van der Waals surface area contributed by atoms with Crippen LogP contribution in [0.4, 0.5) is 5.69 Å². The molecule has 1 aromatic carbocycles. The lowest BCUT2D eigenvalue weighted by atomic mass is 10.2. The molecule has 0 unspecified atom stereocenters. The third kappa shape index (κ3) is 4.39. The summed E-state index contributed by atoms with van der Waals surface area (Å²) < 4.78 is 5.27. The van der Waals surface area contributed by atoms with E-state index in [1.54, 1.807) is 19.2 Å². The Morgan fingerprint density at radius 3 is 2.88 bits per heavy atom. The number of nitrogens with one attached hydrogen (secondary N) is 1. The second-order valence-corrected chi connectivity index (χ2v) is 3.96. The van der Waals surface area contributed by atoms with Crippen molar-refractivity contribution in [1.82, 2.24) is 5.48 Å². The van der Waals surface area contributed by atoms with Gasteiger partial charge >= 0.3 is 0 Å². The zero-order valence-corrected chi connectivity index (χ0v) is 10.9. The smallest absolute Gasteiger partial charge is 0.283 e. The molecule has 0 aliphatic carbocycles.